The molecule has 0 atom stereocenters. The predicted molar refractivity (Wildman–Crippen MR) is 205 cm³/mol. The standard InChI is InChI=1S/C43H39N5O5/c1-5-44-35-23-38-33(21-26(35)3)43(34-22-27(4)36(45-6-2)24-39(34)53-38)32-17-11-10-16-31(32)42(51)48(43)46-25-28-13-7-12-18-37(28)52-20-19-47-40(49)29-14-8-9-15-30(29)41(47)50/h7-18,21-25,44-45H,5-6,19-20H2,1-4H3/b46-25+. The molecule has 10 nitrogen and oxygen atoms in total. The van der Waals surface area contributed by atoms with Gasteiger partial charge in [-0.25, -0.2) is 5.01 Å². The molecule has 10 heteroatoms. The van der Waals surface area contributed by atoms with Crippen LogP contribution in [0.2, 0.25) is 0 Å². The fourth-order valence-electron chi connectivity index (χ4n) is 7.69. The Labute approximate surface area is 308 Å². The third kappa shape index (κ3) is 5.32. The van der Waals surface area contributed by atoms with Gasteiger partial charge in [0.1, 0.15) is 29.4 Å². The predicted octanol–water partition coefficient (Wildman–Crippen LogP) is 7.73. The lowest BCUT2D eigenvalue weighted by Gasteiger charge is -2.42. The molecule has 0 aliphatic carbocycles. The number of carbonyl (C=O) groups is 3. The Kier molecular flexibility index (Phi) is 8.45. The zero-order valence-electron chi connectivity index (χ0n) is 30.0. The molecule has 5 aromatic carbocycles. The molecular formula is C43H39N5O5. The summed E-state index contributed by atoms with van der Waals surface area (Å²) in [5, 5.41) is 13.5. The van der Waals surface area contributed by atoms with E-state index in [-0.39, 0.29) is 30.9 Å². The fraction of sp³-hybridized carbons (Fsp3) is 0.209. The maximum atomic E-state index is 14.6. The van der Waals surface area contributed by atoms with Crippen LogP contribution in [0.5, 0.6) is 17.2 Å². The van der Waals surface area contributed by atoms with Crippen molar-refractivity contribution in [2.45, 2.75) is 33.2 Å². The van der Waals surface area contributed by atoms with Gasteiger partial charge in [-0.1, -0.05) is 42.5 Å². The summed E-state index contributed by atoms with van der Waals surface area (Å²) >= 11 is 0. The molecule has 0 bridgehead atoms. The van der Waals surface area contributed by atoms with Crippen molar-refractivity contribution < 1.29 is 23.9 Å². The molecular weight excluding hydrogens is 667 g/mol. The highest BCUT2D eigenvalue weighted by molar-refractivity contribution is 6.21. The normalized spacial score (nSPS) is 15.0. The van der Waals surface area contributed by atoms with Crippen LogP contribution in [0.15, 0.2) is 102 Å². The first-order valence-corrected chi connectivity index (χ1v) is 17.9. The van der Waals surface area contributed by atoms with Crippen molar-refractivity contribution in [2.24, 2.45) is 5.10 Å². The van der Waals surface area contributed by atoms with Crippen molar-refractivity contribution in [1.82, 2.24) is 9.91 Å². The molecule has 3 amide bonds. The Hall–Kier alpha value is -6.42. The topological polar surface area (TPSA) is 113 Å². The minimum Gasteiger partial charge on any atom is -0.491 e. The van der Waals surface area contributed by atoms with E-state index in [1.807, 2.05) is 68.4 Å². The molecule has 0 saturated carbocycles. The molecule has 2 N–H and O–H groups in total. The monoisotopic (exact) mass is 705 g/mol. The second-order valence-corrected chi connectivity index (χ2v) is 13.3. The number of amides is 3. The maximum Gasteiger partial charge on any atom is 0.275 e. The summed E-state index contributed by atoms with van der Waals surface area (Å²) in [5.41, 5.74) is 7.15. The number of fused-ring (bicyclic) bond motifs is 7. The van der Waals surface area contributed by atoms with Crippen LogP contribution < -0.4 is 20.1 Å². The molecule has 0 aromatic heterocycles. The van der Waals surface area contributed by atoms with Gasteiger partial charge in [0.15, 0.2) is 0 Å². The van der Waals surface area contributed by atoms with Crippen LogP contribution in [0.1, 0.15) is 78.3 Å². The minimum atomic E-state index is -1.15. The number of rotatable bonds is 10. The molecule has 0 fully saturated rings. The van der Waals surface area contributed by atoms with Gasteiger partial charge in [0.25, 0.3) is 17.7 Å². The molecule has 266 valence electrons. The van der Waals surface area contributed by atoms with Gasteiger partial charge in [0.2, 0.25) is 0 Å². The van der Waals surface area contributed by atoms with Crippen LogP contribution in [-0.2, 0) is 5.54 Å². The van der Waals surface area contributed by atoms with Crippen molar-refractivity contribution in [3.8, 4) is 17.2 Å². The number of nitrogens with one attached hydrogen (secondary N) is 2. The number of hydrogen-bond donors (Lipinski definition) is 2. The Morgan fingerprint density at radius 2 is 1.25 bits per heavy atom. The van der Waals surface area contributed by atoms with Crippen LogP contribution >= 0.6 is 0 Å². The number of nitrogens with zero attached hydrogens (tertiary/aromatic N) is 3. The quantitative estimate of drug-likeness (QED) is 0.113. The average Bonchev–Trinajstić information content (AvgIpc) is 3.56. The molecule has 53 heavy (non-hydrogen) atoms. The third-order valence-corrected chi connectivity index (χ3v) is 10.1. The van der Waals surface area contributed by atoms with Crippen molar-refractivity contribution in [3.63, 3.8) is 0 Å². The number of hydrogen-bond acceptors (Lipinski definition) is 8. The molecule has 3 aliphatic heterocycles. The molecule has 0 radical (unpaired) electrons. The lowest BCUT2D eigenvalue weighted by Crippen LogP contribution is -2.44. The first-order chi connectivity index (χ1) is 25.8. The summed E-state index contributed by atoms with van der Waals surface area (Å²) in [6.07, 6.45) is 1.64. The number of ether oxygens (including phenoxy) is 2. The van der Waals surface area contributed by atoms with E-state index in [0.717, 1.165) is 52.3 Å². The van der Waals surface area contributed by atoms with E-state index < -0.39 is 5.54 Å². The van der Waals surface area contributed by atoms with E-state index >= 15 is 0 Å². The molecule has 0 unspecified atom stereocenters. The van der Waals surface area contributed by atoms with Crippen LogP contribution in [0.4, 0.5) is 11.4 Å². The molecule has 0 saturated heterocycles. The van der Waals surface area contributed by atoms with Crippen molar-refractivity contribution in [2.75, 3.05) is 36.9 Å². The van der Waals surface area contributed by atoms with Gasteiger partial charge in [-0.05, 0) is 81.3 Å². The van der Waals surface area contributed by atoms with E-state index in [0.29, 0.717) is 39.5 Å². The van der Waals surface area contributed by atoms with E-state index in [2.05, 4.69) is 36.6 Å². The third-order valence-electron chi connectivity index (χ3n) is 10.1. The highest BCUT2D eigenvalue weighted by Crippen LogP contribution is 2.59. The van der Waals surface area contributed by atoms with Crippen molar-refractivity contribution in [3.05, 3.63) is 147 Å². The Morgan fingerprint density at radius 3 is 1.85 bits per heavy atom. The second-order valence-electron chi connectivity index (χ2n) is 13.3. The maximum absolute atomic E-state index is 14.6. The first-order valence-electron chi connectivity index (χ1n) is 17.9. The Morgan fingerprint density at radius 1 is 0.698 bits per heavy atom. The number of anilines is 2. The average molecular weight is 706 g/mol. The van der Waals surface area contributed by atoms with Gasteiger partial charge >= 0.3 is 0 Å². The molecule has 1 spiro atoms. The van der Waals surface area contributed by atoms with Gasteiger partial charge in [0.05, 0.1) is 23.9 Å². The highest BCUT2D eigenvalue weighted by Gasteiger charge is 2.57. The number of para-hydroxylation sites is 1. The lowest BCUT2D eigenvalue weighted by molar-refractivity contribution is 0.0629. The molecule has 3 aliphatic rings. The zero-order valence-corrected chi connectivity index (χ0v) is 30.0. The number of hydrazone groups is 1. The number of imide groups is 1. The lowest BCUT2D eigenvalue weighted by atomic mass is 9.74. The van der Waals surface area contributed by atoms with E-state index in [1.165, 1.54) is 4.90 Å². The van der Waals surface area contributed by atoms with Gasteiger partial charge in [-0.2, -0.15) is 5.10 Å². The van der Waals surface area contributed by atoms with Gasteiger partial charge in [-0.3, -0.25) is 19.3 Å². The zero-order chi connectivity index (χ0) is 36.9. The van der Waals surface area contributed by atoms with Crippen LogP contribution in [-0.4, -0.2) is 60.1 Å². The summed E-state index contributed by atoms with van der Waals surface area (Å²) in [7, 11) is 0. The summed E-state index contributed by atoms with van der Waals surface area (Å²) in [6, 6.07) is 30.1. The van der Waals surface area contributed by atoms with Gasteiger partial charge in [-0.15, -0.1) is 0 Å². The van der Waals surface area contributed by atoms with Crippen molar-refractivity contribution >= 4 is 35.3 Å². The number of aryl methyl sites for hydroxylation is 2. The minimum absolute atomic E-state index is 0.0766. The summed E-state index contributed by atoms with van der Waals surface area (Å²) in [4.78, 5) is 41.7. The summed E-state index contributed by atoms with van der Waals surface area (Å²) < 4.78 is 12.9. The van der Waals surface area contributed by atoms with Crippen molar-refractivity contribution in [1.29, 1.82) is 0 Å². The molecule has 8 rings (SSSR count). The van der Waals surface area contributed by atoms with E-state index in [4.69, 9.17) is 14.6 Å². The van der Waals surface area contributed by atoms with Gasteiger partial charge < -0.3 is 20.1 Å². The number of benzene rings is 5. The summed E-state index contributed by atoms with van der Waals surface area (Å²) in [5.74, 6) is 0.842. The van der Waals surface area contributed by atoms with Gasteiger partial charge in [0, 0.05) is 64.4 Å². The molecule has 3 heterocycles. The fourth-order valence-corrected chi connectivity index (χ4v) is 7.69. The Balaban J connectivity index is 1.20. The molecule has 5 aromatic rings. The number of carbonyl (C=O) groups excluding carboxylic acids is 3. The smallest absolute Gasteiger partial charge is 0.275 e. The first kappa shape index (κ1) is 33.7. The largest absolute Gasteiger partial charge is 0.491 e. The second kappa shape index (κ2) is 13.3. The highest BCUT2D eigenvalue weighted by atomic mass is 16.5. The van der Waals surface area contributed by atoms with Crippen LogP contribution in [0.3, 0.4) is 0 Å². The SMILES string of the molecule is CCNc1cc2c(cc1C)C1(c3cc(C)c(NCC)cc3O2)c2ccccc2C(=O)N1/N=C/c1ccccc1OCCN1C(=O)c2ccccc2C1=O. The van der Waals surface area contributed by atoms with E-state index in [9.17, 15) is 14.4 Å². The van der Waals surface area contributed by atoms with Crippen LogP contribution in [0.25, 0.3) is 0 Å². The summed E-state index contributed by atoms with van der Waals surface area (Å²) in [6.45, 7) is 9.84. The Bertz CT molecular complexity index is 2250. The van der Waals surface area contributed by atoms with Crippen LogP contribution in [0, 0.1) is 13.8 Å². The van der Waals surface area contributed by atoms with E-state index in [1.54, 1.807) is 41.6 Å².